The van der Waals surface area contributed by atoms with Crippen molar-refractivity contribution in [1.29, 1.82) is 0 Å². The van der Waals surface area contributed by atoms with Gasteiger partial charge in [0.15, 0.2) is 0 Å². The molecule has 0 aliphatic rings. The van der Waals surface area contributed by atoms with E-state index >= 15 is 0 Å². The number of hydrogen-bond acceptors (Lipinski definition) is 4. The summed E-state index contributed by atoms with van der Waals surface area (Å²) in [6, 6.07) is 0. The molecule has 0 spiro atoms. The first-order valence-electron chi connectivity index (χ1n) is 5.68. The quantitative estimate of drug-likeness (QED) is 0.449. The van der Waals surface area contributed by atoms with Crippen molar-refractivity contribution in [2.24, 2.45) is 0 Å². The molecule has 0 aliphatic carbocycles. The molecular formula is C11H19N4Na. The number of aromatic nitrogens is 3. The van der Waals surface area contributed by atoms with Gasteiger partial charge in [0.1, 0.15) is 5.95 Å². The summed E-state index contributed by atoms with van der Waals surface area (Å²) in [5.74, 6) is 0.756. The first-order valence-corrected chi connectivity index (χ1v) is 5.68. The van der Waals surface area contributed by atoms with Crippen LogP contribution in [-0.2, 0) is 0 Å². The molecular weight excluding hydrogens is 211 g/mol. The topological polar surface area (TPSA) is 41.9 Å². The van der Waals surface area contributed by atoms with Crippen molar-refractivity contribution in [3.8, 4) is 0 Å². The van der Waals surface area contributed by atoms with Crippen LogP contribution in [0.5, 0.6) is 0 Å². The average Bonchev–Trinajstić information content (AvgIpc) is 2.30. The molecule has 0 saturated carbocycles. The molecule has 0 amide bonds. The van der Waals surface area contributed by atoms with Gasteiger partial charge in [0.05, 0.1) is 0 Å². The standard InChI is InChI=1S/C11H19N4.Na/c1-3-5-7-15(8-6-4-2)11-13-9-12-10-14-11;/h9H,3-8H2,1-2H3;/q-1;+1. The maximum Gasteiger partial charge on any atom is 1.00 e. The van der Waals surface area contributed by atoms with Crippen LogP contribution in [0.25, 0.3) is 0 Å². The van der Waals surface area contributed by atoms with Gasteiger partial charge in [-0.1, -0.05) is 26.7 Å². The number of hydrogen-bond donors (Lipinski definition) is 0. The van der Waals surface area contributed by atoms with Crippen LogP contribution in [0.1, 0.15) is 39.5 Å². The zero-order valence-corrected chi connectivity index (χ0v) is 12.6. The maximum absolute atomic E-state index is 4.16. The Kier molecular flexibility index (Phi) is 9.88. The second kappa shape index (κ2) is 10.00. The van der Waals surface area contributed by atoms with Gasteiger partial charge < -0.3 is 19.9 Å². The van der Waals surface area contributed by atoms with E-state index in [1.165, 1.54) is 32.0 Å². The van der Waals surface area contributed by atoms with E-state index in [2.05, 4.69) is 40.0 Å². The van der Waals surface area contributed by atoms with Gasteiger partial charge in [-0.2, -0.15) is 0 Å². The van der Waals surface area contributed by atoms with Crippen molar-refractivity contribution in [3.63, 3.8) is 0 Å². The number of anilines is 1. The summed E-state index contributed by atoms with van der Waals surface area (Å²) in [5.41, 5.74) is 0. The van der Waals surface area contributed by atoms with Crippen LogP contribution in [0, 0.1) is 6.33 Å². The number of unbranched alkanes of at least 4 members (excludes halogenated alkanes) is 2. The van der Waals surface area contributed by atoms with Gasteiger partial charge in [-0.25, -0.2) is 0 Å². The van der Waals surface area contributed by atoms with E-state index in [0.717, 1.165) is 19.0 Å². The van der Waals surface area contributed by atoms with Gasteiger partial charge in [-0.15, -0.1) is 0 Å². The molecule has 0 unspecified atom stereocenters. The van der Waals surface area contributed by atoms with Crippen LogP contribution in [0.15, 0.2) is 6.33 Å². The van der Waals surface area contributed by atoms with Crippen LogP contribution in [-0.4, -0.2) is 28.0 Å². The van der Waals surface area contributed by atoms with Crippen LogP contribution < -0.4 is 34.5 Å². The summed E-state index contributed by atoms with van der Waals surface area (Å²) in [6.45, 7) is 6.43. The molecule has 0 fully saturated rings. The Hall–Kier alpha value is -0.190. The van der Waals surface area contributed by atoms with E-state index in [-0.39, 0.29) is 29.6 Å². The van der Waals surface area contributed by atoms with Gasteiger partial charge in [-0.05, 0) is 12.8 Å². The van der Waals surface area contributed by atoms with Gasteiger partial charge in [-0.3, -0.25) is 0 Å². The molecule has 4 nitrogen and oxygen atoms in total. The van der Waals surface area contributed by atoms with Gasteiger partial charge >= 0.3 is 29.6 Å². The Morgan fingerprint density at radius 1 is 1.19 bits per heavy atom. The van der Waals surface area contributed by atoms with Gasteiger partial charge in [0.25, 0.3) is 0 Å². The second-order valence-electron chi connectivity index (χ2n) is 3.58. The van der Waals surface area contributed by atoms with Crippen LogP contribution in [0.2, 0.25) is 0 Å². The molecule has 1 rings (SSSR count). The minimum atomic E-state index is 0. The van der Waals surface area contributed by atoms with Crippen molar-refractivity contribution in [3.05, 3.63) is 12.7 Å². The smallest absolute Gasteiger partial charge is 0.394 e. The zero-order chi connectivity index (χ0) is 10.9. The summed E-state index contributed by atoms with van der Waals surface area (Å²) in [7, 11) is 0. The minimum absolute atomic E-state index is 0. The minimum Gasteiger partial charge on any atom is -0.394 e. The average molecular weight is 230 g/mol. The fourth-order valence-corrected chi connectivity index (χ4v) is 1.37. The molecule has 5 heteroatoms. The Labute approximate surface area is 120 Å². The van der Waals surface area contributed by atoms with Crippen molar-refractivity contribution in [2.45, 2.75) is 39.5 Å². The second-order valence-corrected chi connectivity index (χ2v) is 3.58. The SMILES string of the molecule is CCCCN(CCCC)c1n[c-]ncn1.[Na+]. The fourth-order valence-electron chi connectivity index (χ4n) is 1.37. The van der Waals surface area contributed by atoms with Gasteiger partial charge in [0.2, 0.25) is 0 Å². The van der Waals surface area contributed by atoms with Crippen molar-refractivity contribution < 1.29 is 29.6 Å². The van der Waals surface area contributed by atoms with Crippen molar-refractivity contribution in [2.75, 3.05) is 18.0 Å². The first-order chi connectivity index (χ1) is 7.38. The molecule has 0 aromatic carbocycles. The Bertz CT molecular complexity index is 247. The van der Waals surface area contributed by atoms with Crippen LogP contribution in [0.3, 0.4) is 0 Å². The van der Waals surface area contributed by atoms with Crippen LogP contribution in [0.4, 0.5) is 5.95 Å². The third-order valence-electron chi connectivity index (χ3n) is 2.28. The van der Waals surface area contributed by atoms with E-state index in [1.807, 2.05) is 0 Å². The molecule has 0 bridgehead atoms. The molecule has 16 heavy (non-hydrogen) atoms. The van der Waals surface area contributed by atoms with Gasteiger partial charge in [0, 0.05) is 25.7 Å². The number of rotatable bonds is 7. The molecule has 1 aromatic heterocycles. The predicted molar refractivity (Wildman–Crippen MR) is 60.7 cm³/mol. The molecule has 0 saturated heterocycles. The molecule has 0 N–H and O–H groups in total. The zero-order valence-electron chi connectivity index (χ0n) is 10.6. The molecule has 0 radical (unpaired) electrons. The summed E-state index contributed by atoms with van der Waals surface area (Å²) in [5, 5.41) is 0. The van der Waals surface area contributed by atoms with Crippen molar-refractivity contribution >= 4 is 5.95 Å². The van der Waals surface area contributed by atoms with E-state index in [4.69, 9.17) is 0 Å². The Morgan fingerprint density at radius 3 is 2.25 bits per heavy atom. The van der Waals surface area contributed by atoms with Crippen LogP contribution >= 0.6 is 0 Å². The van der Waals surface area contributed by atoms with E-state index in [1.54, 1.807) is 0 Å². The third-order valence-corrected chi connectivity index (χ3v) is 2.28. The first kappa shape index (κ1) is 15.8. The molecule has 84 valence electrons. The van der Waals surface area contributed by atoms with E-state index in [9.17, 15) is 0 Å². The Morgan fingerprint density at radius 2 is 1.81 bits per heavy atom. The summed E-state index contributed by atoms with van der Waals surface area (Å²) < 4.78 is 0. The third kappa shape index (κ3) is 5.77. The Balaban J connectivity index is 0.00000225. The fraction of sp³-hybridized carbons (Fsp3) is 0.727. The molecule has 0 aliphatic heterocycles. The van der Waals surface area contributed by atoms with E-state index < -0.39 is 0 Å². The van der Waals surface area contributed by atoms with E-state index in [0.29, 0.717) is 0 Å². The maximum atomic E-state index is 4.16. The largest absolute Gasteiger partial charge is 1.00 e. The monoisotopic (exact) mass is 230 g/mol. The summed E-state index contributed by atoms with van der Waals surface area (Å²) in [4.78, 5) is 14.1. The summed E-state index contributed by atoms with van der Waals surface area (Å²) in [6.07, 6.45) is 8.83. The predicted octanol–water partition coefficient (Wildman–Crippen LogP) is -0.918. The number of nitrogens with zero attached hydrogens (tertiary/aromatic N) is 4. The normalized spacial score (nSPS) is 9.62. The van der Waals surface area contributed by atoms with Crippen molar-refractivity contribution in [1.82, 2.24) is 15.0 Å². The molecule has 0 atom stereocenters. The molecule has 1 heterocycles. The summed E-state index contributed by atoms with van der Waals surface area (Å²) >= 11 is 0. The molecule has 1 aromatic rings.